The molecule has 10 heteroatoms. The molecule has 48 heavy (non-hydrogen) atoms. The van der Waals surface area contributed by atoms with Gasteiger partial charge in [0.1, 0.15) is 0 Å². The summed E-state index contributed by atoms with van der Waals surface area (Å²) in [5.74, 6) is -4.19. The van der Waals surface area contributed by atoms with Crippen molar-refractivity contribution in [3.05, 3.63) is 180 Å². The third-order valence-corrected chi connectivity index (χ3v) is 5.40. The van der Waals surface area contributed by atoms with Crippen molar-refractivity contribution in [2.24, 2.45) is 0 Å². The third kappa shape index (κ3) is 17.6. The number of aromatic carboxylic acids is 2. The van der Waals surface area contributed by atoms with Crippen LogP contribution in [0.25, 0.3) is 0 Å². The van der Waals surface area contributed by atoms with E-state index >= 15 is 0 Å². The largest absolute Gasteiger partial charge is 0.478 e. The zero-order chi connectivity index (χ0) is 35.6. The molecular weight excluding hydrogens is 616 g/mol. The van der Waals surface area contributed by atoms with Gasteiger partial charge in [-0.25, -0.2) is 19.2 Å². The molecule has 10 nitrogen and oxygen atoms in total. The van der Waals surface area contributed by atoms with Crippen molar-refractivity contribution in [3.63, 3.8) is 0 Å². The summed E-state index contributed by atoms with van der Waals surface area (Å²) in [6.07, 6.45) is 0.250. The van der Waals surface area contributed by atoms with Gasteiger partial charge in [0.15, 0.2) is 0 Å². The fourth-order valence-electron chi connectivity index (χ4n) is 3.28. The summed E-state index contributed by atoms with van der Waals surface area (Å²) >= 11 is 0. The van der Waals surface area contributed by atoms with E-state index in [1.54, 1.807) is 121 Å². The van der Waals surface area contributed by atoms with E-state index in [1.807, 2.05) is 36.4 Å². The summed E-state index contributed by atoms with van der Waals surface area (Å²) in [7, 11) is 0. The Bertz CT molecular complexity index is 1540. The molecule has 0 amide bonds. The van der Waals surface area contributed by atoms with Crippen LogP contribution in [0.3, 0.4) is 0 Å². The van der Waals surface area contributed by atoms with Crippen LogP contribution in [0.5, 0.6) is 0 Å². The molecule has 5 aromatic rings. The molecule has 0 heterocycles. The molecule has 0 aliphatic rings. The SMILES string of the molecule is CC(C)(OC(=O)c1ccccc1)OC(=O)c1ccccc1.O=C(O)c1ccccc1.O=C(O)c1ccccc1.O=C=O.c1ccccc1. The van der Waals surface area contributed by atoms with Gasteiger partial charge in [-0.1, -0.05) is 109 Å². The average molecular weight is 651 g/mol. The number of hydrogen-bond donors (Lipinski definition) is 2. The van der Waals surface area contributed by atoms with Crippen molar-refractivity contribution in [2.45, 2.75) is 19.6 Å². The van der Waals surface area contributed by atoms with Crippen LogP contribution >= 0.6 is 0 Å². The number of carbonyl (C=O) groups excluding carboxylic acids is 4. The monoisotopic (exact) mass is 650 g/mol. The number of carboxylic acids is 2. The zero-order valence-corrected chi connectivity index (χ0v) is 26.2. The van der Waals surface area contributed by atoms with E-state index in [-0.39, 0.29) is 6.15 Å². The molecule has 0 spiro atoms. The Labute approximate surface area is 277 Å². The third-order valence-electron chi connectivity index (χ3n) is 5.40. The van der Waals surface area contributed by atoms with Crippen LogP contribution in [0.1, 0.15) is 55.3 Å². The number of benzene rings is 5. The normalized spacial score (nSPS) is 9.21. The predicted octanol–water partition coefficient (Wildman–Crippen LogP) is 7.31. The molecule has 5 aromatic carbocycles. The van der Waals surface area contributed by atoms with Crippen molar-refractivity contribution in [1.29, 1.82) is 0 Å². The van der Waals surface area contributed by atoms with Crippen molar-refractivity contribution in [1.82, 2.24) is 0 Å². The van der Waals surface area contributed by atoms with Crippen LogP contribution in [0.2, 0.25) is 0 Å². The van der Waals surface area contributed by atoms with Gasteiger partial charge in [0.2, 0.25) is 0 Å². The first kappa shape index (κ1) is 39.4. The van der Waals surface area contributed by atoms with E-state index in [2.05, 4.69) is 0 Å². The second-order valence-corrected chi connectivity index (χ2v) is 9.49. The highest BCUT2D eigenvalue weighted by Gasteiger charge is 2.28. The predicted molar refractivity (Wildman–Crippen MR) is 176 cm³/mol. The molecule has 0 aliphatic carbocycles. The fraction of sp³-hybridized carbons (Fsp3) is 0.0789. The van der Waals surface area contributed by atoms with Crippen molar-refractivity contribution < 1.29 is 48.5 Å². The van der Waals surface area contributed by atoms with E-state index < -0.39 is 29.7 Å². The molecule has 0 radical (unpaired) electrons. The van der Waals surface area contributed by atoms with Gasteiger partial charge < -0.3 is 19.7 Å². The lowest BCUT2D eigenvalue weighted by Gasteiger charge is -2.25. The summed E-state index contributed by atoms with van der Waals surface area (Å²) < 4.78 is 10.5. The minimum absolute atomic E-state index is 0.250. The molecule has 246 valence electrons. The van der Waals surface area contributed by atoms with E-state index in [9.17, 15) is 19.2 Å². The second-order valence-electron chi connectivity index (χ2n) is 9.49. The number of esters is 2. The second kappa shape index (κ2) is 22.8. The summed E-state index contributed by atoms with van der Waals surface area (Å²) in [4.78, 5) is 60.6. The summed E-state index contributed by atoms with van der Waals surface area (Å²) in [5.41, 5.74) is 1.47. The average Bonchev–Trinajstić information content (AvgIpc) is 3.11. The highest BCUT2D eigenvalue weighted by atomic mass is 16.7. The number of ether oxygens (including phenoxy) is 2. The smallest absolute Gasteiger partial charge is 0.373 e. The first-order valence-electron chi connectivity index (χ1n) is 14.1. The minimum Gasteiger partial charge on any atom is -0.478 e. The van der Waals surface area contributed by atoms with Crippen LogP contribution in [-0.2, 0) is 19.1 Å². The lowest BCUT2D eigenvalue weighted by molar-refractivity contribution is -0.191. The van der Waals surface area contributed by atoms with Crippen molar-refractivity contribution >= 4 is 30.0 Å². The lowest BCUT2D eigenvalue weighted by Crippen LogP contribution is -2.34. The highest BCUT2D eigenvalue weighted by molar-refractivity contribution is 5.91. The topological polar surface area (TPSA) is 161 Å². The molecule has 0 atom stereocenters. The molecular formula is C38H34O10. The molecule has 0 saturated carbocycles. The Morgan fingerprint density at radius 2 is 0.625 bits per heavy atom. The zero-order valence-electron chi connectivity index (χ0n) is 26.2. The Kier molecular flexibility index (Phi) is 18.7. The van der Waals surface area contributed by atoms with Gasteiger partial charge in [-0.3, -0.25) is 0 Å². The Hall–Kier alpha value is -6.64. The quantitative estimate of drug-likeness (QED) is 0.141. The Morgan fingerprint density at radius 1 is 0.438 bits per heavy atom. The van der Waals surface area contributed by atoms with E-state index in [4.69, 9.17) is 29.3 Å². The Balaban J connectivity index is 0.000000351. The lowest BCUT2D eigenvalue weighted by atomic mass is 10.2. The van der Waals surface area contributed by atoms with E-state index in [1.165, 1.54) is 13.8 Å². The number of carboxylic acid groups (broad SMARTS) is 2. The van der Waals surface area contributed by atoms with Crippen molar-refractivity contribution in [3.8, 4) is 0 Å². The number of hydrogen-bond acceptors (Lipinski definition) is 8. The van der Waals surface area contributed by atoms with Crippen LogP contribution in [0.4, 0.5) is 0 Å². The summed E-state index contributed by atoms with van der Waals surface area (Å²) in [6.45, 7) is 3.04. The molecule has 5 rings (SSSR count). The van der Waals surface area contributed by atoms with Crippen LogP contribution < -0.4 is 0 Å². The molecule has 0 saturated heterocycles. The van der Waals surface area contributed by atoms with Gasteiger partial charge >= 0.3 is 30.0 Å². The molecule has 0 bridgehead atoms. The maximum atomic E-state index is 12.0. The molecule has 0 unspecified atom stereocenters. The first-order chi connectivity index (χ1) is 23.0. The van der Waals surface area contributed by atoms with Crippen molar-refractivity contribution in [2.75, 3.05) is 0 Å². The summed E-state index contributed by atoms with van der Waals surface area (Å²) in [6, 6.07) is 45.7. The fourth-order valence-corrected chi connectivity index (χ4v) is 3.28. The van der Waals surface area contributed by atoms with Crippen LogP contribution in [0, 0.1) is 0 Å². The molecule has 0 aliphatic heterocycles. The van der Waals surface area contributed by atoms with Gasteiger partial charge in [0.25, 0.3) is 5.79 Å². The number of rotatable bonds is 6. The molecule has 0 fully saturated rings. The van der Waals surface area contributed by atoms with Crippen LogP contribution in [-0.4, -0.2) is 46.0 Å². The maximum Gasteiger partial charge on any atom is 0.373 e. The van der Waals surface area contributed by atoms with E-state index in [0.717, 1.165) is 0 Å². The van der Waals surface area contributed by atoms with Gasteiger partial charge in [-0.2, -0.15) is 9.59 Å². The first-order valence-corrected chi connectivity index (χ1v) is 14.1. The maximum absolute atomic E-state index is 12.0. The molecule has 2 N–H and O–H groups in total. The summed E-state index contributed by atoms with van der Waals surface area (Å²) in [5, 5.41) is 16.8. The van der Waals surface area contributed by atoms with Gasteiger partial charge in [0.05, 0.1) is 22.3 Å². The van der Waals surface area contributed by atoms with Gasteiger partial charge in [-0.05, 0) is 48.5 Å². The van der Waals surface area contributed by atoms with Gasteiger partial charge in [0, 0.05) is 13.8 Å². The minimum atomic E-state index is -1.35. The van der Waals surface area contributed by atoms with Crippen LogP contribution in [0.15, 0.2) is 158 Å². The van der Waals surface area contributed by atoms with E-state index in [0.29, 0.717) is 22.3 Å². The van der Waals surface area contributed by atoms with Gasteiger partial charge in [-0.15, -0.1) is 0 Å². The standard InChI is InChI=1S/C17H16O4.2C7H6O2.C6H6.CO2/c1-17(2,20-15(18)13-9-5-3-6-10-13)21-16(19)14-11-7-4-8-12-14;2*8-7(9)6-4-2-1-3-5-6;1-2-4-6-5-3-1;2-1-3/h3-12H,1-2H3;2*1-5H,(H,8,9);1-6H;. The molecule has 0 aromatic heterocycles. The Morgan fingerprint density at radius 3 is 0.812 bits per heavy atom. The number of carbonyl (C=O) groups is 4. The highest BCUT2D eigenvalue weighted by Crippen LogP contribution is 2.17.